The van der Waals surface area contributed by atoms with E-state index in [1.165, 1.54) is 18.2 Å². The molecule has 1 aliphatic rings. The molecular formula is C20H11ClN2O4S2. The minimum atomic E-state index is -0.570. The highest BCUT2D eigenvalue weighted by Crippen LogP contribution is 2.31. The van der Waals surface area contributed by atoms with Crippen molar-refractivity contribution in [2.75, 3.05) is 0 Å². The van der Waals surface area contributed by atoms with E-state index in [4.69, 9.17) is 28.2 Å². The standard InChI is InChI=1S/C20H11ClN2O4S2/c21-14-7-5-11(6-8-14)17(24)22-23-18(25)16(29-20(23)28)10-13-9-12-3-1-2-4-15(12)27-19(13)26/h1-10H,(H,22,24)/b16-10+. The largest absolute Gasteiger partial charge is 0.422 e. The maximum absolute atomic E-state index is 12.7. The van der Waals surface area contributed by atoms with Crippen LogP contribution in [0.5, 0.6) is 0 Å². The molecule has 1 aromatic heterocycles. The number of thiocarbonyl (C=S) groups is 1. The molecule has 0 spiro atoms. The van der Waals surface area contributed by atoms with Gasteiger partial charge in [0.15, 0.2) is 4.32 Å². The van der Waals surface area contributed by atoms with Gasteiger partial charge in [0.1, 0.15) is 5.58 Å². The molecule has 0 atom stereocenters. The summed E-state index contributed by atoms with van der Waals surface area (Å²) in [5.41, 5.74) is 2.90. The molecular weight excluding hydrogens is 432 g/mol. The molecule has 0 radical (unpaired) electrons. The van der Waals surface area contributed by atoms with Gasteiger partial charge in [0.05, 0.1) is 10.5 Å². The molecule has 0 unspecified atom stereocenters. The average molecular weight is 443 g/mol. The van der Waals surface area contributed by atoms with Gasteiger partial charge >= 0.3 is 5.63 Å². The first-order valence-corrected chi connectivity index (χ1v) is 9.90. The molecule has 1 fully saturated rings. The van der Waals surface area contributed by atoms with Gasteiger partial charge in [0.25, 0.3) is 11.8 Å². The van der Waals surface area contributed by atoms with Crippen molar-refractivity contribution in [3.8, 4) is 0 Å². The number of thioether (sulfide) groups is 1. The second-order valence-corrected chi connectivity index (χ2v) is 8.10. The van der Waals surface area contributed by atoms with Crippen molar-refractivity contribution in [2.24, 2.45) is 0 Å². The molecule has 4 rings (SSSR count). The summed E-state index contributed by atoms with van der Waals surface area (Å²) >= 11 is 12.0. The number of nitrogens with one attached hydrogen (secondary N) is 1. The van der Waals surface area contributed by atoms with Gasteiger partial charge in [-0.05, 0) is 54.7 Å². The number of halogens is 1. The number of nitrogens with zero attached hydrogens (tertiary/aromatic N) is 1. The predicted molar refractivity (Wildman–Crippen MR) is 116 cm³/mol. The molecule has 0 aliphatic carbocycles. The smallest absolute Gasteiger partial charge is 0.343 e. The van der Waals surface area contributed by atoms with E-state index < -0.39 is 17.4 Å². The van der Waals surface area contributed by atoms with Crippen LogP contribution in [0.4, 0.5) is 0 Å². The monoisotopic (exact) mass is 442 g/mol. The summed E-state index contributed by atoms with van der Waals surface area (Å²) in [6.45, 7) is 0. The summed E-state index contributed by atoms with van der Waals surface area (Å²) in [7, 11) is 0. The van der Waals surface area contributed by atoms with Crippen molar-refractivity contribution in [3.05, 3.63) is 86.1 Å². The fraction of sp³-hybridized carbons (Fsp3) is 0. The van der Waals surface area contributed by atoms with Crippen LogP contribution in [0.2, 0.25) is 5.02 Å². The Bertz CT molecular complexity index is 1250. The zero-order chi connectivity index (χ0) is 20.5. The second-order valence-electron chi connectivity index (χ2n) is 5.99. The summed E-state index contributed by atoms with van der Waals surface area (Å²) < 4.78 is 5.42. The molecule has 144 valence electrons. The highest BCUT2D eigenvalue weighted by molar-refractivity contribution is 8.26. The van der Waals surface area contributed by atoms with E-state index in [0.717, 1.165) is 22.2 Å². The van der Waals surface area contributed by atoms with Gasteiger partial charge in [-0.25, -0.2) is 4.79 Å². The van der Waals surface area contributed by atoms with Crippen LogP contribution in [0.25, 0.3) is 17.0 Å². The number of hydrazine groups is 1. The van der Waals surface area contributed by atoms with Gasteiger partial charge < -0.3 is 4.42 Å². The lowest BCUT2D eigenvalue weighted by molar-refractivity contribution is -0.123. The number of carbonyl (C=O) groups is 2. The van der Waals surface area contributed by atoms with Crippen LogP contribution in [-0.2, 0) is 4.79 Å². The number of hydrogen-bond acceptors (Lipinski definition) is 6. The SMILES string of the molecule is O=C(NN1C(=O)/C(=C\c2cc3ccccc3oc2=O)SC1=S)c1ccc(Cl)cc1. The van der Waals surface area contributed by atoms with Crippen molar-refractivity contribution in [1.82, 2.24) is 10.4 Å². The topological polar surface area (TPSA) is 79.6 Å². The van der Waals surface area contributed by atoms with Gasteiger partial charge in [-0.15, -0.1) is 0 Å². The van der Waals surface area contributed by atoms with Gasteiger partial charge in [-0.2, -0.15) is 5.01 Å². The highest BCUT2D eigenvalue weighted by Gasteiger charge is 2.34. The Balaban J connectivity index is 1.59. The third-order valence-corrected chi connectivity index (χ3v) is 5.62. The van der Waals surface area contributed by atoms with Crippen LogP contribution >= 0.6 is 35.6 Å². The number of para-hydroxylation sites is 1. The molecule has 1 N–H and O–H groups in total. The lowest BCUT2D eigenvalue weighted by Gasteiger charge is -2.15. The van der Waals surface area contributed by atoms with Crippen molar-refractivity contribution in [2.45, 2.75) is 0 Å². The molecule has 0 saturated carbocycles. The zero-order valence-corrected chi connectivity index (χ0v) is 16.9. The first-order chi connectivity index (χ1) is 13.9. The Morgan fingerprint density at radius 3 is 2.62 bits per heavy atom. The van der Waals surface area contributed by atoms with Crippen molar-refractivity contribution in [1.29, 1.82) is 0 Å². The number of fused-ring (bicyclic) bond motifs is 1. The van der Waals surface area contributed by atoms with Gasteiger partial charge in [-0.3, -0.25) is 15.0 Å². The van der Waals surface area contributed by atoms with Gasteiger partial charge in [0, 0.05) is 16.0 Å². The summed E-state index contributed by atoms with van der Waals surface area (Å²) in [4.78, 5) is 37.5. The third kappa shape index (κ3) is 3.95. The van der Waals surface area contributed by atoms with Crippen molar-refractivity contribution in [3.63, 3.8) is 0 Å². The number of carbonyl (C=O) groups excluding carboxylic acids is 2. The van der Waals surface area contributed by atoms with Crippen LogP contribution in [-0.4, -0.2) is 21.1 Å². The number of amides is 2. The molecule has 0 bridgehead atoms. The lowest BCUT2D eigenvalue weighted by Crippen LogP contribution is -2.44. The van der Waals surface area contributed by atoms with Crippen LogP contribution in [0.15, 0.2) is 68.7 Å². The summed E-state index contributed by atoms with van der Waals surface area (Å²) in [6, 6.07) is 14.9. The molecule has 3 aromatic rings. The Kier molecular flexibility index (Phi) is 5.23. The van der Waals surface area contributed by atoms with Crippen molar-refractivity contribution < 1.29 is 14.0 Å². The van der Waals surface area contributed by atoms with E-state index in [-0.39, 0.29) is 14.8 Å². The normalized spacial score (nSPS) is 15.3. The van der Waals surface area contributed by atoms with E-state index in [1.807, 2.05) is 6.07 Å². The number of benzene rings is 2. The maximum atomic E-state index is 12.7. The summed E-state index contributed by atoms with van der Waals surface area (Å²) in [5.74, 6) is -1.04. The second kappa shape index (κ2) is 7.82. The fourth-order valence-corrected chi connectivity index (χ4v) is 3.95. The fourth-order valence-electron chi connectivity index (χ4n) is 2.65. The molecule has 2 heterocycles. The molecule has 6 nitrogen and oxygen atoms in total. The highest BCUT2D eigenvalue weighted by atomic mass is 35.5. The Morgan fingerprint density at radius 2 is 1.86 bits per heavy atom. The van der Waals surface area contributed by atoms with Crippen LogP contribution in [0, 0.1) is 0 Å². The van der Waals surface area contributed by atoms with E-state index in [9.17, 15) is 14.4 Å². The minimum absolute atomic E-state index is 0.147. The molecule has 29 heavy (non-hydrogen) atoms. The Morgan fingerprint density at radius 1 is 1.14 bits per heavy atom. The minimum Gasteiger partial charge on any atom is -0.422 e. The Labute approximate surface area is 179 Å². The average Bonchev–Trinajstić information content (AvgIpc) is 2.96. The van der Waals surface area contributed by atoms with Crippen LogP contribution in [0.1, 0.15) is 15.9 Å². The molecule has 2 aromatic carbocycles. The summed E-state index contributed by atoms with van der Waals surface area (Å²) in [5, 5.41) is 2.19. The number of hydrogen-bond donors (Lipinski definition) is 1. The molecule has 2 amide bonds. The molecule has 1 aliphatic heterocycles. The first kappa shape index (κ1) is 19.4. The maximum Gasteiger partial charge on any atom is 0.343 e. The number of rotatable bonds is 3. The quantitative estimate of drug-likeness (QED) is 0.375. The van der Waals surface area contributed by atoms with Crippen LogP contribution < -0.4 is 11.1 Å². The molecule has 1 saturated heterocycles. The van der Waals surface area contributed by atoms with Gasteiger partial charge in [0.2, 0.25) is 0 Å². The third-order valence-electron chi connectivity index (χ3n) is 4.07. The van der Waals surface area contributed by atoms with Gasteiger partial charge in [-0.1, -0.05) is 41.6 Å². The van der Waals surface area contributed by atoms with E-state index >= 15 is 0 Å². The lowest BCUT2D eigenvalue weighted by atomic mass is 10.2. The van der Waals surface area contributed by atoms with E-state index in [1.54, 1.807) is 36.4 Å². The molecule has 9 heteroatoms. The zero-order valence-electron chi connectivity index (χ0n) is 14.5. The summed E-state index contributed by atoms with van der Waals surface area (Å²) in [6.07, 6.45) is 1.41. The van der Waals surface area contributed by atoms with E-state index in [0.29, 0.717) is 16.2 Å². The first-order valence-electron chi connectivity index (χ1n) is 8.30. The van der Waals surface area contributed by atoms with E-state index in [2.05, 4.69) is 5.43 Å². The van der Waals surface area contributed by atoms with Crippen LogP contribution in [0.3, 0.4) is 0 Å². The Hall–Kier alpha value is -2.94. The van der Waals surface area contributed by atoms with Crippen molar-refractivity contribution >= 4 is 68.8 Å². The predicted octanol–water partition coefficient (Wildman–Crippen LogP) is 3.99.